The summed E-state index contributed by atoms with van der Waals surface area (Å²) in [6.07, 6.45) is 0.458. The van der Waals surface area contributed by atoms with E-state index in [0.717, 1.165) is 0 Å². The fourth-order valence-corrected chi connectivity index (χ4v) is 0.779. The Bertz CT molecular complexity index is 193. The summed E-state index contributed by atoms with van der Waals surface area (Å²) < 4.78 is 0. The molecule has 0 spiro atoms. The van der Waals surface area contributed by atoms with E-state index < -0.39 is 15.6 Å². The Labute approximate surface area is 74.2 Å². The maximum Gasteiger partial charge on any atom is 0.518 e. The van der Waals surface area contributed by atoms with E-state index in [2.05, 4.69) is 0 Å². The average Bonchev–Trinajstić information content (AvgIpc) is 2.03. The molecule has 0 amide bonds. The molecular weight excluding hydrogens is 180 g/mol. The predicted octanol–water partition coefficient (Wildman–Crippen LogP) is -0.719. The molecule has 0 aromatic rings. The number of nitrogens with two attached hydrogens (primary N) is 2. The third kappa shape index (κ3) is 2.92. The molecule has 0 aliphatic heterocycles. The fourth-order valence-electron chi connectivity index (χ4n) is 0.779. The maximum absolute atomic E-state index is 10.3. The summed E-state index contributed by atoms with van der Waals surface area (Å²) in [6.45, 7) is 0.339. The summed E-state index contributed by atoms with van der Waals surface area (Å²) in [4.78, 5) is 18.4. The van der Waals surface area contributed by atoms with E-state index in [1.54, 1.807) is 0 Å². The first-order valence-corrected chi connectivity index (χ1v) is 3.73. The van der Waals surface area contributed by atoms with Crippen molar-refractivity contribution >= 4 is 0 Å². The van der Waals surface area contributed by atoms with Crippen LogP contribution in [-0.4, -0.2) is 22.2 Å². The van der Waals surface area contributed by atoms with Crippen LogP contribution in [0.5, 0.6) is 0 Å². The van der Waals surface area contributed by atoms with Crippen LogP contribution in [0.3, 0.4) is 0 Å². The highest BCUT2D eigenvalue weighted by Crippen LogP contribution is 2.12. The summed E-state index contributed by atoms with van der Waals surface area (Å²) in [6, 6.07) is 0. The molecule has 0 heterocycles. The zero-order valence-corrected chi connectivity index (χ0v) is 7.01. The van der Waals surface area contributed by atoms with E-state index in [1.807, 2.05) is 0 Å². The Hall–Kier alpha value is -1.28. The minimum atomic E-state index is -2.56. The SMILES string of the molecule is NCCCCC(N)([N+](=O)[O-])[N+](=O)[O-]. The van der Waals surface area contributed by atoms with E-state index >= 15 is 0 Å². The molecule has 8 heteroatoms. The van der Waals surface area contributed by atoms with Crippen LogP contribution in [0.1, 0.15) is 19.3 Å². The van der Waals surface area contributed by atoms with Gasteiger partial charge in [0.05, 0.1) is 0 Å². The van der Waals surface area contributed by atoms with Crippen LogP contribution >= 0.6 is 0 Å². The summed E-state index contributed by atoms with van der Waals surface area (Å²) in [5.41, 5.74) is 10.1. The molecule has 0 aliphatic carbocycles. The first-order chi connectivity index (χ1) is 5.95. The number of nitro groups is 2. The molecule has 13 heavy (non-hydrogen) atoms. The third-order valence-electron chi connectivity index (χ3n) is 1.63. The normalized spacial score (nSPS) is 11.2. The van der Waals surface area contributed by atoms with Gasteiger partial charge >= 0.3 is 5.79 Å². The van der Waals surface area contributed by atoms with Gasteiger partial charge in [0.25, 0.3) is 0 Å². The Morgan fingerprint density at radius 3 is 1.92 bits per heavy atom. The Kier molecular flexibility index (Phi) is 4.21. The van der Waals surface area contributed by atoms with E-state index in [9.17, 15) is 20.2 Å². The van der Waals surface area contributed by atoms with Crippen molar-refractivity contribution in [2.24, 2.45) is 11.5 Å². The molecule has 0 radical (unpaired) electrons. The van der Waals surface area contributed by atoms with E-state index in [0.29, 0.717) is 13.0 Å². The maximum atomic E-state index is 10.3. The van der Waals surface area contributed by atoms with Crippen molar-refractivity contribution in [2.45, 2.75) is 25.0 Å². The van der Waals surface area contributed by atoms with Gasteiger partial charge in [-0.25, -0.2) is 0 Å². The zero-order chi connectivity index (χ0) is 10.5. The molecule has 0 aliphatic rings. The van der Waals surface area contributed by atoms with Gasteiger partial charge in [-0.2, -0.15) is 5.73 Å². The lowest BCUT2D eigenvalue weighted by molar-refractivity contribution is -0.797. The summed E-state index contributed by atoms with van der Waals surface area (Å²) in [7, 11) is 0. The van der Waals surface area contributed by atoms with Crippen molar-refractivity contribution in [3.8, 4) is 0 Å². The molecule has 76 valence electrons. The predicted molar refractivity (Wildman–Crippen MR) is 43.8 cm³/mol. The van der Waals surface area contributed by atoms with Crippen molar-refractivity contribution in [3.05, 3.63) is 20.2 Å². The highest BCUT2D eigenvalue weighted by atomic mass is 16.7. The van der Waals surface area contributed by atoms with Crippen molar-refractivity contribution in [2.75, 3.05) is 6.54 Å². The van der Waals surface area contributed by atoms with Crippen LogP contribution < -0.4 is 11.5 Å². The van der Waals surface area contributed by atoms with Gasteiger partial charge in [0, 0.05) is 0 Å². The van der Waals surface area contributed by atoms with Crippen LogP contribution in [0.4, 0.5) is 0 Å². The second-order valence-electron chi connectivity index (χ2n) is 2.64. The molecule has 0 saturated carbocycles. The minimum Gasteiger partial charge on any atom is -0.330 e. The molecule has 0 rings (SSSR count). The van der Waals surface area contributed by atoms with Gasteiger partial charge in [-0.05, 0) is 19.4 Å². The Morgan fingerprint density at radius 2 is 1.62 bits per heavy atom. The highest BCUT2D eigenvalue weighted by Gasteiger charge is 2.50. The Balaban J connectivity index is 4.26. The minimum absolute atomic E-state index is 0.273. The molecule has 0 saturated heterocycles. The van der Waals surface area contributed by atoms with Crippen LogP contribution in [0.15, 0.2) is 0 Å². The molecule has 0 atom stereocenters. The van der Waals surface area contributed by atoms with Gasteiger partial charge in [0.15, 0.2) is 0 Å². The number of hydrogen-bond donors (Lipinski definition) is 2. The van der Waals surface area contributed by atoms with Crippen molar-refractivity contribution in [1.29, 1.82) is 0 Å². The number of hydrogen-bond acceptors (Lipinski definition) is 6. The Morgan fingerprint density at radius 1 is 1.15 bits per heavy atom. The second kappa shape index (κ2) is 4.67. The average molecular weight is 192 g/mol. The van der Waals surface area contributed by atoms with E-state index in [1.165, 1.54) is 0 Å². The lowest BCUT2D eigenvalue weighted by Gasteiger charge is -2.10. The summed E-state index contributed by atoms with van der Waals surface area (Å²) in [5.74, 6) is -2.56. The van der Waals surface area contributed by atoms with Gasteiger partial charge in [-0.15, -0.1) is 0 Å². The fraction of sp³-hybridized carbons (Fsp3) is 1.00. The first kappa shape index (κ1) is 11.7. The monoisotopic (exact) mass is 192 g/mol. The number of nitrogens with zero attached hydrogens (tertiary/aromatic N) is 2. The molecule has 0 unspecified atom stereocenters. The number of rotatable bonds is 6. The lowest BCUT2D eigenvalue weighted by atomic mass is 10.1. The molecule has 4 N–H and O–H groups in total. The standard InChI is InChI=1S/C5H12N4O4/c6-4-2-1-3-5(7,8(10)11)9(12)13/h1-4,6-7H2. The van der Waals surface area contributed by atoms with Gasteiger partial charge in [0.1, 0.15) is 16.3 Å². The van der Waals surface area contributed by atoms with Crippen molar-refractivity contribution in [1.82, 2.24) is 0 Å². The molecule has 8 nitrogen and oxygen atoms in total. The highest BCUT2D eigenvalue weighted by molar-refractivity contribution is 4.58. The summed E-state index contributed by atoms with van der Waals surface area (Å²) in [5, 5.41) is 20.5. The largest absolute Gasteiger partial charge is 0.518 e. The van der Waals surface area contributed by atoms with Crippen LogP contribution in [-0.2, 0) is 0 Å². The molecular formula is C5H12N4O4. The van der Waals surface area contributed by atoms with Gasteiger partial charge in [-0.3, -0.25) is 20.2 Å². The topological polar surface area (TPSA) is 138 Å². The second-order valence-corrected chi connectivity index (χ2v) is 2.64. The first-order valence-electron chi connectivity index (χ1n) is 3.73. The summed E-state index contributed by atoms with van der Waals surface area (Å²) >= 11 is 0. The van der Waals surface area contributed by atoms with Crippen molar-refractivity contribution in [3.63, 3.8) is 0 Å². The smallest absolute Gasteiger partial charge is 0.330 e. The van der Waals surface area contributed by atoms with Crippen LogP contribution in [0, 0.1) is 20.2 Å². The lowest BCUT2D eigenvalue weighted by Crippen LogP contribution is -2.54. The molecule has 0 fully saturated rings. The quantitative estimate of drug-likeness (QED) is 0.246. The van der Waals surface area contributed by atoms with E-state index in [-0.39, 0.29) is 12.8 Å². The van der Waals surface area contributed by atoms with Crippen LogP contribution in [0.25, 0.3) is 0 Å². The molecule has 0 aromatic heterocycles. The van der Waals surface area contributed by atoms with Crippen molar-refractivity contribution < 1.29 is 9.85 Å². The van der Waals surface area contributed by atoms with Crippen LogP contribution in [0.2, 0.25) is 0 Å². The molecule has 0 aromatic carbocycles. The van der Waals surface area contributed by atoms with E-state index in [4.69, 9.17) is 11.5 Å². The number of unbranched alkanes of at least 4 members (excludes halogenated alkanes) is 1. The zero-order valence-electron chi connectivity index (χ0n) is 7.01. The molecule has 0 bridgehead atoms. The van der Waals surface area contributed by atoms with Gasteiger partial charge in [0.2, 0.25) is 0 Å². The van der Waals surface area contributed by atoms with Gasteiger partial charge < -0.3 is 5.73 Å². The third-order valence-corrected chi connectivity index (χ3v) is 1.63. The van der Waals surface area contributed by atoms with Gasteiger partial charge in [-0.1, -0.05) is 0 Å².